The Hall–Kier alpha value is -2.04. The number of hydrogen-bond acceptors (Lipinski definition) is 4. The van der Waals surface area contributed by atoms with Gasteiger partial charge in [0, 0.05) is 21.8 Å². The summed E-state index contributed by atoms with van der Waals surface area (Å²) in [5.74, 6) is 0.833. The average Bonchev–Trinajstić information content (AvgIpc) is 2.77. The minimum atomic E-state index is 0.353. The second-order valence-corrected chi connectivity index (χ2v) is 7.68. The molecule has 0 aliphatic carbocycles. The van der Waals surface area contributed by atoms with E-state index in [1.165, 1.54) is 6.42 Å². The molecule has 0 bridgehead atoms. The standard InChI is InChI=1S/C23H30ClN3O.C2H6/c1-5-27(6-2)13-7-8-16(3)25-23-19-11-9-17(24)14-22(19)26-21-12-10-18(28-4)15-20(21)23;1-2/h9-12,14-16H,5-8,13H2,1-4H3,(H,25,26);1-2H3. The molecule has 0 saturated carbocycles. The van der Waals surface area contributed by atoms with Gasteiger partial charge in [0.2, 0.25) is 0 Å². The van der Waals surface area contributed by atoms with Crippen LogP contribution in [0.3, 0.4) is 0 Å². The molecule has 1 aromatic heterocycles. The smallest absolute Gasteiger partial charge is 0.119 e. The highest BCUT2D eigenvalue weighted by Gasteiger charge is 2.13. The third-order valence-corrected chi connectivity index (χ3v) is 5.57. The molecule has 2 aromatic carbocycles. The lowest BCUT2D eigenvalue weighted by molar-refractivity contribution is 0.295. The van der Waals surface area contributed by atoms with Gasteiger partial charge in [0.1, 0.15) is 5.75 Å². The summed E-state index contributed by atoms with van der Waals surface area (Å²) in [5.41, 5.74) is 2.95. The van der Waals surface area contributed by atoms with E-state index in [9.17, 15) is 0 Å². The molecule has 0 fully saturated rings. The molecule has 4 nitrogen and oxygen atoms in total. The SMILES string of the molecule is CC.CCN(CC)CCCC(C)Nc1c2ccc(Cl)cc2nc2ccc(OC)cc12. The highest BCUT2D eigenvalue weighted by atomic mass is 35.5. The maximum absolute atomic E-state index is 6.22. The van der Waals surface area contributed by atoms with Crippen LogP contribution in [0.15, 0.2) is 36.4 Å². The zero-order chi connectivity index (χ0) is 22.1. The van der Waals surface area contributed by atoms with E-state index in [1.807, 2.05) is 38.1 Å². The molecule has 3 aromatic rings. The largest absolute Gasteiger partial charge is 0.497 e. The van der Waals surface area contributed by atoms with Crippen LogP contribution in [-0.2, 0) is 0 Å². The molecule has 0 amide bonds. The van der Waals surface area contributed by atoms with Gasteiger partial charge in [0.05, 0.1) is 23.8 Å². The first-order valence-electron chi connectivity index (χ1n) is 11.1. The second kappa shape index (κ2) is 12.0. The maximum atomic E-state index is 6.22. The summed E-state index contributed by atoms with van der Waals surface area (Å²) in [7, 11) is 1.69. The van der Waals surface area contributed by atoms with E-state index in [1.54, 1.807) is 7.11 Å². The molecule has 0 saturated heterocycles. The van der Waals surface area contributed by atoms with Gasteiger partial charge in [-0.1, -0.05) is 39.3 Å². The third-order valence-electron chi connectivity index (χ3n) is 5.34. The number of pyridine rings is 1. The zero-order valence-corrected chi connectivity index (χ0v) is 20.0. The molecule has 3 rings (SSSR count). The Balaban J connectivity index is 0.00000155. The van der Waals surface area contributed by atoms with Crippen LogP contribution >= 0.6 is 11.6 Å². The van der Waals surface area contributed by atoms with Crippen molar-refractivity contribution in [2.24, 2.45) is 0 Å². The summed E-state index contributed by atoms with van der Waals surface area (Å²) < 4.78 is 5.45. The lowest BCUT2D eigenvalue weighted by Gasteiger charge is -2.22. The number of fused-ring (bicyclic) bond motifs is 2. The van der Waals surface area contributed by atoms with Gasteiger partial charge in [-0.2, -0.15) is 0 Å². The Bertz CT molecular complexity index is 940. The van der Waals surface area contributed by atoms with Crippen LogP contribution in [0.2, 0.25) is 5.02 Å². The molecule has 1 heterocycles. The quantitative estimate of drug-likeness (QED) is 0.371. The molecular formula is C25H36ClN3O. The van der Waals surface area contributed by atoms with E-state index in [0.717, 1.165) is 59.3 Å². The number of hydrogen-bond donors (Lipinski definition) is 1. The van der Waals surface area contributed by atoms with Crippen molar-refractivity contribution in [3.8, 4) is 5.75 Å². The number of nitrogens with zero attached hydrogens (tertiary/aromatic N) is 2. The van der Waals surface area contributed by atoms with Crippen molar-refractivity contribution in [3.63, 3.8) is 0 Å². The van der Waals surface area contributed by atoms with Crippen LogP contribution in [-0.4, -0.2) is 42.7 Å². The van der Waals surface area contributed by atoms with Gasteiger partial charge in [-0.15, -0.1) is 0 Å². The number of rotatable bonds is 9. The molecular weight excluding hydrogens is 394 g/mol. The topological polar surface area (TPSA) is 37.4 Å². The van der Waals surface area contributed by atoms with Crippen molar-refractivity contribution in [2.45, 2.75) is 53.5 Å². The number of ether oxygens (including phenoxy) is 1. The third kappa shape index (κ3) is 5.99. The van der Waals surface area contributed by atoms with E-state index < -0.39 is 0 Å². The van der Waals surface area contributed by atoms with Crippen LogP contribution < -0.4 is 10.1 Å². The Morgan fingerprint density at radius 3 is 2.43 bits per heavy atom. The summed E-state index contributed by atoms with van der Waals surface area (Å²) >= 11 is 6.22. The van der Waals surface area contributed by atoms with Crippen molar-refractivity contribution in [1.82, 2.24) is 9.88 Å². The molecule has 5 heteroatoms. The first-order valence-corrected chi connectivity index (χ1v) is 11.5. The summed E-state index contributed by atoms with van der Waals surface area (Å²) in [6, 6.07) is 12.3. The fraction of sp³-hybridized carbons (Fsp3) is 0.480. The fourth-order valence-corrected chi connectivity index (χ4v) is 3.82. The number of benzene rings is 2. The lowest BCUT2D eigenvalue weighted by Crippen LogP contribution is -2.25. The molecule has 1 N–H and O–H groups in total. The Morgan fingerprint density at radius 1 is 1.03 bits per heavy atom. The molecule has 30 heavy (non-hydrogen) atoms. The minimum Gasteiger partial charge on any atom is -0.497 e. The van der Waals surface area contributed by atoms with E-state index in [0.29, 0.717) is 11.1 Å². The molecule has 0 aliphatic heterocycles. The second-order valence-electron chi connectivity index (χ2n) is 7.25. The molecule has 0 spiro atoms. The van der Waals surface area contributed by atoms with Crippen LogP contribution in [0.1, 0.15) is 47.5 Å². The monoisotopic (exact) mass is 429 g/mol. The van der Waals surface area contributed by atoms with Gasteiger partial charge in [0.15, 0.2) is 0 Å². The van der Waals surface area contributed by atoms with Crippen LogP contribution in [0.4, 0.5) is 5.69 Å². The Morgan fingerprint density at radius 2 is 1.77 bits per heavy atom. The highest BCUT2D eigenvalue weighted by Crippen LogP contribution is 2.34. The van der Waals surface area contributed by atoms with Crippen molar-refractivity contribution in [2.75, 3.05) is 32.1 Å². The molecule has 1 atom stereocenters. The molecule has 0 radical (unpaired) electrons. The van der Waals surface area contributed by atoms with Crippen LogP contribution in [0, 0.1) is 0 Å². The number of aromatic nitrogens is 1. The van der Waals surface area contributed by atoms with Crippen molar-refractivity contribution in [1.29, 1.82) is 0 Å². The first-order chi connectivity index (χ1) is 14.5. The molecule has 0 aliphatic rings. The zero-order valence-electron chi connectivity index (χ0n) is 19.3. The van der Waals surface area contributed by atoms with E-state index in [-0.39, 0.29) is 0 Å². The fourth-order valence-electron chi connectivity index (χ4n) is 3.66. The Kier molecular flexibility index (Phi) is 9.67. The van der Waals surface area contributed by atoms with E-state index >= 15 is 0 Å². The van der Waals surface area contributed by atoms with E-state index in [2.05, 4.69) is 43.1 Å². The van der Waals surface area contributed by atoms with Crippen molar-refractivity contribution in [3.05, 3.63) is 41.4 Å². The van der Waals surface area contributed by atoms with Crippen LogP contribution in [0.25, 0.3) is 21.8 Å². The van der Waals surface area contributed by atoms with Gasteiger partial charge in [-0.3, -0.25) is 0 Å². The van der Waals surface area contributed by atoms with E-state index in [4.69, 9.17) is 21.3 Å². The average molecular weight is 430 g/mol. The first kappa shape index (κ1) is 24.2. The van der Waals surface area contributed by atoms with Crippen LogP contribution in [0.5, 0.6) is 5.75 Å². The predicted octanol–water partition coefficient (Wildman–Crippen LogP) is 7.00. The normalized spacial score (nSPS) is 12.0. The summed E-state index contributed by atoms with van der Waals surface area (Å²) in [4.78, 5) is 7.27. The maximum Gasteiger partial charge on any atom is 0.119 e. The van der Waals surface area contributed by atoms with Gasteiger partial charge >= 0.3 is 0 Å². The summed E-state index contributed by atoms with van der Waals surface area (Å²) in [6.45, 7) is 14.0. The lowest BCUT2D eigenvalue weighted by atomic mass is 10.1. The Labute approximate surface area is 186 Å². The molecule has 1 unspecified atom stereocenters. The van der Waals surface area contributed by atoms with Gasteiger partial charge in [0.25, 0.3) is 0 Å². The van der Waals surface area contributed by atoms with Gasteiger partial charge in [-0.05, 0) is 75.8 Å². The number of methoxy groups -OCH3 is 1. The van der Waals surface area contributed by atoms with Crippen molar-refractivity contribution < 1.29 is 4.74 Å². The van der Waals surface area contributed by atoms with Gasteiger partial charge < -0.3 is 15.0 Å². The number of nitrogens with one attached hydrogen (secondary N) is 1. The highest BCUT2D eigenvalue weighted by molar-refractivity contribution is 6.31. The minimum absolute atomic E-state index is 0.353. The van der Waals surface area contributed by atoms with Crippen molar-refractivity contribution >= 4 is 39.1 Å². The number of anilines is 1. The summed E-state index contributed by atoms with van der Waals surface area (Å²) in [5, 5.41) is 6.61. The number of halogens is 1. The predicted molar refractivity (Wildman–Crippen MR) is 132 cm³/mol. The summed E-state index contributed by atoms with van der Waals surface area (Å²) in [6.07, 6.45) is 2.28. The van der Waals surface area contributed by atoms with Gasteiger partial charge in [-0.25, -0.2) is 4.98 Å². The molecule has 164 valence electrons.